The fourth-order valence-electron chi connectivity index (χ4n) is 2.18. The van der Waals surface area contributed by atoms with Gasteiger partial charge in [-0.25, -0.2) is 0 Å². The molecule has 2 N–H and O–H groups in total. The number of rotatable bonds is 4. The van der Waals surface area contributed by atoms with Crippen molar-refractivity contribution in [3.8, 4) is 6.07 Å². The van der Waals surface area contributed by atoms with Crippen molar-refractivity contribution >= 4 is 29.0 Å². The van der Waals surface area contributed by atoms with Crippen LogP contribution in [0, 0.1) is 16.7 Å². The number of thiophene rings is 1. The van der Waals surface area contributed by atoms with Crippen LogP contribution >= 0.6 is 11.3 Å². The summed E-state index contributed by atoms with van der Waals surface area (Å²) in [5.41, 5.74) is 2.69. The molecule has 1 aliphatic rings. The van der Waals surface area contributed by atoms with Gasteiger partial charge in [-0.3, -0.25) is 4.79 Å². The third kappa shape index (κ3) is 6.62. The second-order valence-corrected chi connectivity index (χ2v) is 6.22. The molecular formula is C18H23N3OS. The van der Waals surface area contributed by atoms with Crippen LogP contribution in [0.15, 0.2) is 34.7 Å². The molecule has 1 saturated carbocycles. The molecule has 1 aliphatic carbocycles. The van der Waals surface area contributed by atoms with Crippen LogP contribution in [0.25, 0.3) is 5.70 Å². The molecule has 0 amide bonds. The molecule has 0 radical (unpaired) electrons. The molecule has 1 aromatic heterocycles. The molecule has 0 aliphatic heterocycles. The number of carbonyl (C=O) groups excluding carboxylic acids is 1. The second kappa shape index (κ2) is 10.5. The molecule has 1 aromatic rings. The zero-order valence-corrected chi connectivity index (χ0v) is 14.5. The van der Waals surface area contributed by atoms with Gasteiger partial charge in [0.1, 0.15) is 6.07 Å². The number of allylic oxidation sites excluding steroid dienone is 3. The molecule has 1 fully saturated rings. The van der Waals surface area contributed by atoms with Crippen molar-refractivity contribution in [3.05, 3.63) is 39.6 Å². The van der Waals surface area contributed by atoms with E-state index >= 15 is 0 Å². The van der Waals surface area contributed by atoms with Gasteiger partial charge in [0.2, 0.25) is 0 Å². The fourth-order valence-corrected chi connectivity index (χ4v) is 2.93. The standard InChI is InChI=1S/C12H12N2OS.C6H11N/c1-9(10(7-13)8-15)6-11(14-2)12-4-3-5-16-12;7-6-4-2-1-3-5-6/h3-6,8,14H,1-2H3;7H,1-5H2/b10-9-,11-6-;. The maximum Gasteiger partial charge on any atom is 0.160 e. The summed E-state index contributed by atoms with van der Waals surface area (Å²) < 4.78 is 0. The molecule has 23 heavy (non-hydrogen) atoms. The predicted octanol–water partition coefficient (Wildman–Crippen LogP) is 4.32. The van der Waals surface area contributed by atoms with E-state index in [0.29, 0.717) is 11.9 Å². The summed E-state index contributed by atoms with van der Waals surface area (Å²) in [6.45, 7) is 1.75. The van der Waals surface area contributed by atoms with Crippen LogP contribution in [-0.2, 0) is 4.79 Å². The third-order valence-corrected chi connectivity index (χ3v) is 4.44. The van der Waals surface area contributed by atoms with Gasteiger partial charge in [0, 0.05) is 12.8 Å². The van der Waals surface area contributed by atoms with Crippen molar-refractivity contribution in [2.45, 2.75) is 39.0 Å². The average Bonchev–Trinajstić information content (AvgIpc) is 3.09. The maximum absolute atomic E-state index is 10.6. The third-order valence-electron chi connectivity index (χ3n) is 3.54. The molecule has 5 heteroatoms. The van der Waals surface area contributed by atoms with Crippen molar-refractivity contribution in [2.24, 2.45) is 0 Å². The van der Waals surface area contributed by atoms with Gasteiger partial charge in [0.05, 0.1) is 16.1 Å². The first kappa shape index (κ1) is 18.9. The number of hydrogen-bond acceptors (Lipinski definition) is 5. The van der Waals surface area contributed by atoms with Crippen LogP contribution in [0.2, 0.25) is 0 Å². The van der Waals surface area contributed by atoms with Crippen molar-refractivity contribution in [3.63, 3.8) is 0 Å². The summed E-state index contributed by atoms with van der Waals surface area (Å²) in [5.74, 6) is 0. The molecule has 0 saturated heterocycles. The predicted molar refractivity (Wildman–Crippen MR) is 96.5 cm³/mol. The first-order chi connectivity index (χ1) is 11.1. The van der Waals surface area contributed by atoms with Crippen LogP contribution in [0.4, 0.5) is 0 Å². The van der Waals surface area contributed by atoms with Gasteiger partial charge < -0.3 is 10.7 Å². The minimum Gasteiger partial charge on any atom is -0.387 e. The van der Waals surface area contributed by atoms with Gasteiger partial charge in [0.15, 0.2) is 6.29 Å². The molecule has 4 nitrogen and oxygen atoms in total. The fraction of sp³-hybridized carbons (Fsp3) is 0.389. The molecular weight excluding hydrogens is 306 g/mol. The first-order valence-electron chi connectivity index (χ1n) is 7.68. The number of nitrogens with one attached hydrogen (secondary N) is 2. The smallest absolute Gasteiger partial charge is 0.160 e. The molecule has 2 rings (SSSR count). The summed E-state index contributed by atoms with van der Waals surface area (Å²) >= 11 is 1.60. The van der Waals surface area contributed by atoms with E-state index in [0.717, 1.165) is 29.1 Å². The van der Waals surface area contributed by atoms with E-state index in [-0.39, 0.29) is 5.57 Å². The van der Waals surface area contributed by atoms with Gasteiger partial charge >= 0.3 is 0 Å². The molecule has 0 bridgehead atoms. The van der Waals surface area contributed by atoms with Gasteiger partial charge in [-0.05, 0) is 55.7 Å². The largest absolute Gasteiger partial charge is 0.387 e. The van der Waals surface area contributed by atoms with E-state index in [2.05, 4.69) is 5.32 Å². The van der Waals surface area contributed by atoms with E-state index < -0.39 is 0 Å². The van der Waals surface area contributed by atoms with Crippen LogP contribution in [0.5, 0.6) is 0 Å². The highest BCUT2D eigenvalue weighted by atomic mass is 32.1. The Morgan fingerprint density at radius 3 is 2.48 bits per heavy atom. The van der Waals surface area contributed by atoms with Gasteiger partial charge in [-0.2, -0.15) is 5.26 Å². The highest BCUT2D eigenvalue weighted by Crippen LogP contribution is 2.19. The minimum absolute atomic E-state index is 0.157. The number of aldehydes is 1. The quantitative estimate of drug-likeness (QED) is 0.374. The number of nitrogens with zero attached hydrogens (tertiary/aromatic N) is 1. The van der Waals surface area contributed by atoms with Gasteiger partial charge in [-0.1, -0.05) is 12.5 Å². The van der Waals surface area contributed by atoms with Crippen molar-refractivity contribution in [2.75, 3.05) is 7.05 Å². The first-order valence-corrected chi connectivity index (χ1v) is 8.56. The molecule has 122 valence electrons. The Bertz CT molecular complexity index is 613. The molecule has 0 unspecified atom stereocenters. The van der Waals surface area contributed by atoms with Gasteiger partial charge in [-0.15, -0.1) is 11.3 Å². The average molecular weight is 329 g/mol. The van der Waals surface area contributed by atoms with Crippen LogP contribution in [0.1, 0.15) is 43.9 Å². The molecule has 0 spiro atoms. The van der Waals surface area contributed by atoms with Crippen LogP contribution in [0.3, 0.4) is 0 Å². The summed E-state index contributed by atoms with van der Waals surface area (Å²) in [7, 11) is 1.81. The van der Waals surface area contributed by atoms with E-state index in [1.165, 1.54) is 19.3 Å². The van der Waals surface area contributed by atoms with E-state index in [1.807, 2.05) is 30.6 Å². The zero-order valence-electron chi connectivity index (χ0n) is 13.7. The lowest BCUT2D eigenvalue weighted by molar-refractivity contribution is -0.104. The number of carbonyl (C=O) groups is 1. The van der Waals surface area contributed by atoms with Crippen LogP contribution < -0.4 is 5.32 Å². The van der Waals surface area contributed by atoms with Crippen LogP contribution in [-0.4, -0.2) is 19.0 Å². The minimum atomic E-state index is 0.157. The van der Waals surface area contributed by atoms with Gasteiger partial charge in [0.25, 0.3) is 0 Å². The Hall–Kier alpha value is -2.19. The molecule has 0 aromatic carbocycles. The van der Waals surface area contributed by atoms with Crippen molar-refractivity contribution in [1.29, 1.82) is 10.7 Å². The number of nitriles is 1. The Labute approximate surface area is 142 Å². The zero-order chi connectivity index (χ0) is 17.1. The topological polar surface area (TPSA) is 76.7 Å². The Morgan fingerprint density at radius 2 is 2.09 bits per heavy atom. The van der Waals surface area contributed by atoms with E-state index in [9.17, 15) is 4.79 Å². The summed E-state index contributed by atoms with van der Waals surface area (Å²) in [4.78, 5) is 11.7. The van der Waals surface area contributed by atoms with E-state index in [4.69, 9.17) is 10.7 Å². The molecule has 1 heterocycles. The Kier molecular flexibility index (Phi) is 8.63. The lowest BCUT2D eigenvalue weighted by Gasteiger charge is -2.08. The summed E-state index contributed by atoms with van der Waals surface area (Å²) in [6, 6.07) is 5.80. The second-order valence-electron chi connectivity index (χ2n) is 5.28. The highest BCUT2D eigenvalue weighted by molar-refractivity contribution is 7.11. The summed E-state index contributed by atoms with van der Waals surface area (Å²) in [5, 5.41) is 20.9. The molecule has 0 atom stereocenters. The monoisotopic (exact) mass is 329 g/mol. The lowest BCUT2D eigenvalue weighted by Crippen LogP contribution is -2.03. The Morgan fingerprint density at radius 1 is 1.39 bits per heavy atom. The highest BCUT2D eigenvalue weighted by Gasteiger charge is 2.03. The maximum atomic E-state index is 10.6. The van der Waals surface area contributed by atoms with E-state index in [1.54, 1.807) is 24.3 Å². The van der Waals surface area contributed by atoms with Crippen molar-refractivity contribution in [1.82, 2.24) is 5.32 Å². The SMILES string of the molecule is CN/C(=C\C(C)=C(\C#N)C=O)c1cccs1.N=C1CCCCC1. The summed E-state index contributed by atoms with van der Waals surface area (Å²) in [6.07, 6.45) is 8.40. The Balaban J connectivity index is 0.000000313. The normalized spacial score (nSPS) is 15.7. The number of hydrogen-bond donors (Lipinski definition) is 2. The lowest BCUT2D eigenvalue weighted by atomic mass is 9.99. The van der Waals surface area contributed by atoms with Crippen molar-refractivity contribution < 1.29 is 4.79 Å².